The lowest BCUT2D eigenvalue weighted by Crippen LogP contribution is -2.45. The molecule has 2 aromatic carbocycles. The minimum Gasteiger partial charge on any atom is -0.509 e. The Morgan fingerprint density at radius 2 is 1.64 bits per heavy atom. The number of ether oxygens (including phenoxy) is 3. The Morgan fingerprint density at radius 1 is 1.00 bits per heavy atom. The van der Waals surface area contributed by atoms with E-state index in [0.717, 1.165) is 17.6 Å². The zero-order valence-electron chi connectivity index (χ0n) is 19.0. The van der Waals surface area contributed by atoms with E-state index < -0.39 is 40.9 Å². The molecule has 0 fully saturated rings. The number of aliphatic hydroxyl groups is 1. The number of hydrogen-bond acceptors (Lipinski definition) is 7. The number of carbonyl (C=O) groups excluding carboxylic acids is 3. The molecule has 1 aliphatic heterocycles. The molecule has 1 heterocycles. The number of nitrogens with zero attached hydrogens (tertiary/aromatic N) is 1. The van der Waals surface area contributed by atoms with Crippen molar-refractivity contribution in [2.75, 3.05) is 7.11 Å². The number of esters is 1. The smallest absolute Gasteiger partial charge is 0.418 e. The Kier molecular flexibility index (Phi) is 7.06. The summed E-state index contributed by atoms with van der Waals surface area (Å²) < 4.78 is 15.7. The van der Waals surface area contributed by atoms with E-state index in [0.29, 0.717) is 17.9 Å². The normalized spacial score (nSPS) is 16.1. The second kappa shape index (κ2) is 9.77. The van der Waals surface area contributed by atoms with Crippen molar-refractivity contribution < 1.29 is 33.7 Å². The summed E-state index contributed by atoms with van der Waals surface area (Å²) in [5.74, 6) is -1.86. The van der Waals surface area contributed by atoms with Crippen LogP contribution in [-0.4, -0.2) is 46.7 Å². The molecule has 0 bridgehead atoms. The minimum absolute atomic E-state index is 0.0796. The van der Waals surface area contributed by atoms with Gasteiger partial charge < -0.3 is 19.3 Å². The number of aliphatic hydroxyl groups excluding tert-OH is 1. The molecule has 1 aliphatic rings. The standard InChI is InChI=1S/C25H27NO7/c1-25(2,3)33-24(30)26-19(21(27)20(22(26)28)23(29)31-4)14-16-10-12-18(13-11-16)32-15-17-8-6-5-7-9-17/h5-13,19,27H,14-15H2,1-4H3/t19-/m0/s1. The Morgan fingerprint density at radius 3 is 2.21 bits per heavy atom. The van der Waals surface area contributed by atoms with Crippen LogP contribution in [0.25, 0.3) is 0 Å². The number of carbonyl (C=O) groups is 3. The summed E-state index contributed by atoms with van der Waals surface area (Å²) in [6.45, 7) is 5.38. The molecule has 1 N–H and O–H groups in total. The minimum atomic E-state index is -1.10. The van der Waals surface area contributed by atoms with E-state index in [1.807, 2.05) is 30.3 Å². The molecular weight excluding hydrogens is 426 g/mol. The van der Waals surface area contributed by atoms with Crippen LogP contribution in [0.2, 0.25) is 0 Å². The van der Waals surface area contributed by atoms with Crippen molar-refractivity contribution in [1.82, 2.24) is 4.90 Å². The van der Waals surface area contributed by atoms with Gasteiger partial charge in [-0.15, -0.1) is 0 Å². The maximum absolute atomic E-state index is 12.8. The number of methoxy groups -OCH3 is 1. The Bertz CT molecular complexity index is 1050. The van der Waals surface area contributed by atoms with Crippen molar-refractivity contribution in [2.45, 2.75) is 45.4 Å². The molecule has 0 spiro atoms. The first-order chi connectivity index (χ1) is 15.6. The maximum atomic E-state index is 12.8. The summed E-state index contributed by atoms with van der Waals surface area (Å²) in [5.41, 5.74) is 0.301. The number of imide groups is 1. The van der Waals surface area contributed by atoms with Crippen molar-refractivity contribution in [1.29, 1.82) is 0 Å². The van der Waals surface area contributed by atoms with Gasteiger partial charge in [0.15, 0.2) is 5.57 Å². The lowest BCUT2D eigenvalue weighted by atomic mass is 10.0. The van der Waals surface area contributed by atoms with Gasteiger partial charge in [0.1, 0.15) is 29.8 Å². The number of amides is 2. The van der Waals surface area contributed by atoms with Gasteiger partial charge in [-0.1, -0.05) is 42.5 Å². The summed E-state index contributed by atoms with van der Waals surface area (Å²) >= 11 is 0. The van der Waals surface area contributed by atoms with Gasteiger partial charge in [0.25, 0.3) is 5.91 Å². The Labute approximate surface area is 192 Å². The summed E-state index contributed by atoms with van der Waals surface area (Å²) in [7, 11) is 1.09. The quantitative estimate of drug-likeness (QED) is 0.522. The Hall–Kier alpha value is -3.81. The van der Waals surface area contributed by atoms with Crippen LogP contribution in [0.1, 0.15) is 31.9 Å². The van der Waals surface area contributed by atoms with E-state index in [9.17, 15) is 19.5 Å². The van der Waals surface area contributed by atoms with Crippen molar-refractivity contribution in [3.8, 4) is 5.75 Å². The van der Waals surface area contributed by atoms with Crippen LogP contribution in [0.4, 0.5) is 4.79 Å². The fourth-order valence-corrected chi connectivity index (χ4v) is 3.35. The zero-order chi connectivity index (χ0) is 24.2. The van der Waals surface area contributed by atoms with E-state index in [1.54, 1.807) is 45.0 Å². The summed E-state index contributed by atoms with van der Waals surface area (Å²) in [4.78, 5) is 38.3. The van der Waals surface area contributed by atoms with Crippen LogP contribution in [0.5, 0.6) is 5.75 Å². The average Bonchev–Trinajstić information content (AvgIpc) is 3.01. The number of rotatable bonds is 6. The van der Waals surface area contributed by atoms with Gasteiger partial charge in [-0.25, -0.2) is 14.5 Å². The fourth-order valence-electron chi connectivity index (χ4n) is 3.35. The van der Waals surface area contributed by atoms with E-state index in [2.05, 4.69) is 4.74 Å². The van der Waals surface area contributed by atoms with E-state index in [4.69, 9.17) is 9.47 Å². The SMILES string of the molecule is COC(=O)C1=C(O)[C@H](Cc2ccc(OCc3ccccc3)cc2)N(C(=O)OC(C)(C)C)C1=O. The molecule has 0 aromatic heterocycles. The lowest BCUT2D eigenvalue weighted by Gasteiger charge is -2.27. The third-order valence-electron chi connectivity index (χ3n) is 4.90. The second-order valence-corrected chi connectivity index (χ2v) is 8.55. The molecule has 0 aliphatic carbocycles. The molecule has 8 nitrogen and oxygen atoms in total. The molecule has 174 valence electrons. The van der Waals surface area contributed by atoms with Crippen molar-refractivity contribution in [2.24, 2.45) is 0 Å². The molecule has 3 rings (SSSR count). The van der Waals surface area contributed by atoms with E-state index in [-0.39, 0.29) is 6.42 Å². The molecular formula is C25H27NO7. The topological polar surface area (TPSA) is 102 Å². The first-order valence-corrected chi connectivity index (χ1v) is 10.4. The predicted molar refractivity (Wildman–Crippen MR) is 119 cm³/mol. The fraction of sp³-hybridized carbons (Fsp3) is 0.320. The Balaban J connectivity index is 1.79. The van der Waals surface area contributed by atoms with Crippen molar-refractivity contribution in [3.63, 3.8) is 0 Å². The molecule has 2 aromatic rings. The summed E-state index contributed by atoms with van der Waals surface area (Å²) in [6.07, 6.45) is -0.873. The molecule has 33 heavy (non-hydrogen) atoms. The van der Waals surface area contributed by atoms with Gasteiger partial charge in [-0.2, -0.15) is 0 Å². The molecule has 0 saturated heterocycles. The van der Waals surface area contributed by atoms with Gasteiger partial charge in [0.05, 0.1) is 7.11 Å². The predicted octanol–water partition coefficient (Wildman–Crippen LogP) is 3.94. The van der Waals surface area contributed by atoms with Crippen molar-refractivity contribution in [3.05, 3.63) is 77.1 Å². The van der Waals surface area contributed by atoms with Gasteiger partial charge in [0.2, 0.25) is 0 Å². The highest BCUT2D eigenvalue weighted by Crippen LogP contribution is 2.30. The number of hydrogen-bond donors (Lipinski definition) is 1. The third-order valence-corrected chi connectivity index (χ3v) is 4.90. The average molecular weight is 453 g/mol. The second-order valence-electron chi connectivity index (χ2n) is 8.55. The van der Waals surface area contributed by atoms with Gasteiger partial charge in [-0.05, 0) is 44.0 Å². The van der Waals surface area contributed by atoms with Crippen LogP contribution in [-0.2, 0) is 32.1 Å². The molecule has 2 amide bonds. The molecule has 1 atom stereocenters. The van der Waals surface area contributed by atoms with Crippen LogP contribution in [0, 0.1) is 0 Å². The highest BCUT2D eigenvalue weighted by molar-refractivity contribution is 6.22. The zero-order valence-corrected chi connectivity index (χ0v) is 19.0. The molecule has 8 heteroatoms. The summed E-state index contributed by atoms with van der Waals surface area (Å²) in [5, 5.41) is 10.6. The van der Waals surface area contributed by atoms with Crippen LogP contribution < -0.4 is 4.74 Å². The highest BCUT2D eigenvalue weighted by Gasteiger charge is 2.48. The third kappa shape index (κ3) is 5.71. The first-order valence-electron chi connectivity index (χ1n) is 10.4. The van der Waals surface area contributed by atoms with Crippen molar-refractivity contribution >= 4 is 18.0 Å². The number of benzene rings is 2. The summed E-state index contributed by atoms with van der Waals surface area (Å²) in [6, 6.07) is 15.7. The van der Waals surface area contributed by atoms with E-state index >= 15 is 0 Å². The van der Waals surface area contributed by atoms with E-state index in [1.165, 1.54) is 0 Å². The highest BCUT2D eigenvalue weighted by atomic mass is 16.6. The van der Waals surface area contributed by atoms with Gasteiger partial charge in [-0.3, -0.25) is 4.79 Å². The van der Waals surface area contributed by atoms with Gasteiger partial charge in [0, 0.05) is 6.42 Å². The molecule has 0 unspecified atom stereocenters. The molecule has 0 saturated carbocycles. The monoisotopic (exact) mass is 453 g/mol. The largest absolute Gasteiger partial charge is 0.509 e. The first kappa shape index (κ1) is 23.8. The van der Waals surface area contributed by atoms with Crippen LogP contribution >= 0.6 is 0 Å². The maximum Gasteiger partial charge on any atom is 0.418 e. The molecule has 0 radical (unpaired) electrons. The van der Waals surface area contributed by atoms with Crippen LogP contribution in [0.3, 0.4) is 0 Å². The van der Waals surface area contributed by atoms with Crippen LogP contribution in [0.15, 0.2) is 65.9 Å². The van der Waals surface area contributed by atoms with Gasteiger partial charge >= 0.3 is 12.1 Å². The lowest BCUT2D eigenvalue weighted by molar-refractivity contribution is -0.139.